The lowest BCUT2D eigenvalue weighted by atomic mass is 9.77. The van der Waals surface area contributed by atoms with Crippen LogP contribution >= 0.6 is 0 Å². The summed E-state index contributed by atoms with van der Waals surface area (Å²) in [6, 6.07) is 11.2. The van der Waals surface area contributed by atoms with Gasteiger partial charge in [-0.25, -0.2) is 0 Å². The molecule has 1 aromatic rings. The van der Waals surface area contributed by atoms with E-state index in [0.717, 1.165) is 82.6 Å². The van der Waals surface area contributed by atoms with E-state index in [9.17, 15) is 19.8 Å². The van der Waals surface area contributed by atoms with Gasteiger partial charge in [-0.3, -0.25) is 14.4 Å². The lowest BCUT2D eigenvalue weighted by Crippen LogP contribution is -2.64. The summed E-state index contributed by atoms with van der Waals surface area (Å²) in [7, 11) is 0. The Morgan fingerprint density at radius 2 is 1.08 bits per heavy atom. The number of nitrogens with one attached hydrogen (secondary N) is 2. The average Bonchev–Trinajstić information content (AvgIpc) is 4.00. The van der Waals surface area contributed by atoms with Gasteiger partial charge in [0, 0.05) is 68.0 Å². The van der Waals surface area contributed by atoms with Gasteiger partial charge in [-0.1, -0.05) is 43.9 Å². The third-order valence-electron chi connectivity index (χ3n) is 13.9. The third kappa shape index (κ3) is 8.50. The summed E-state index contributed by atoms with van der Waals surface area (Å²) < 4.78 is 0. The molecule has 51 heavy (non-hydrogen) atoms. The number of hydrogen-bond donors (Lipinski definition) is 4. The molecule has 10 heteroatoms. The number of hydrogen-bond acceptors (Lipinski definition) is 7. The van der Waals surface area contributed by atoms with E-state index in [1.165, 1.54) is 25.7 Å². The second-order valence-corrected chi connectivity index (χ2v) is 17.0. The topological polar surface area (TPSA) is 125 Å². The monoisotopic (exact) mass is 705 g/mol. The van der Waals surface area contributed by atoms with Gasteiger partial charge in [0.25, 0.3) is 5.91 Å². The second-order valence-electron chi connectivity index (χ2n) is 17.0. The number of benzene rings is 1. The molecular weight excluding hydrogens is 642 g/mol. The highest BCUT2D eigenvalue weighted by Crippen LogP contribution is 2.43. The molecule has 0 aromatic heterocycles. The Hall–Kier alpha value is -2.53. The van der Waals surface area contributed by atoms with Crippen LogP contribution in [0.1, 0.15) is 113 Å². The van der Waals surface area contributed by atoms with Crippen molar-refractivity contribution < 1.29 is 24.6 Å². The maximum atomic E-state index is 15.0. The van der Waals surface area contributed by atoms with Crippen molar-refractivity contribution in [3.8, 4) is 0 Å². The SMILES string of the molecule is O=C(CO)N(CCC1C2CCC(CC1N(C(=O)c1ccccc1)C1CC3CCC(N3)C1CCN(CC1CCCC1)C(=O)CO)N2)CC1CCCC1. The van der Waals surface area contributed by atoms with Crippen molar-refractivity contribution >= 4 is 17.7 Å². The number of piperidine rings is 2. The molecule has 282 valence electrons. The summed E-state index contributed by atoms with van der Waals surface area (Å²) >= 11 is 0. The van der Waals surface area contributed by atoms with Crippen LogP contribution in [0.3, 0.4) is 0 Å². The van der Waals surface area contributed by atoms with Crippen LogP contribution in [0, 0.1) is 23.7 Å². The highest BCUT2D eigenvalue weighted by atomic mass is 16.3. The fourth-order valence-corrected chi connectivity index (χ4v) is 11.4. The molecule has 4 bridgehead atoms. The van der Waals surface area contributed by atoms with E-state index in [-0.39, 0.29) is 41.6 Å². The first-order valence-electron chi connectivity index (χ1n) is 20.6. The summed E-state index contributed by atoms with van der Waals surface area (Å²) in [6.07, 6.45) is 17.2. The van der Waals surface area contributed by atoms with Crippen LogP contribution in [0.5, 0.6) is 0 Å². The summed E-state index contributed by atoms with van der Waals surface area (Å²) in [5.74, 6) is 1.13. The molecule has 0 radical (unpaired) electrons. The number of fused-ring (bicyclic) bond motifs is 4. The summed E-state index contributed by atoms with van der Waals surface area (Å²) in [5.41, 5.74) is 0.725. The molecule has 7 rings (SSSR count). The molecule has 6 aliphatic rings. The Labute approximate surface area is 305 Å². The second kappa shape index (κ2) is 17.1. The quantitative estimate of drug-likeness (QED) is 0.218. The lowest BCUT2D eigenvalue weighted by molar-refractivity contribution is -0.135. The van der Waals surface area contributed by atoms with Gasteiger partial charge >= 0.3 is 0 Å². The molecule has 4 heterocycles. The van der Waals surface area contributed by atoms with Crippen LogP contribution in [0.4, 0.5) is 0 Å². The molecular formula is C41H63N5O5. The molecule has 4 saturated heterocycles. The molecule has 8 unspecified atom stereocenters. The number of amides is 3. The maximum Gasteiger partial charge on any atom is 0.254 e. The van der Waals surface area contributed by atoms with Crippen LogP contribution in [-0.4, -0.2) is 118 Å². The van der Waals surface area contributed by atoms with Crippen molar-refractivity contribution in [3.63, 3.8) is 0 Å². The third-order valence-corrected chi connectivity index (χ3v) is 13.9. The smallest absolute Gasteiger partial charge is 0.254 e. The first-order valence-corrected chi connectivity index (χ1v) is 20.6. The average molecular weight is 706 g/mol. The molecule has 3 amide bonds. The predicted molar refractivity (Wildman–Crippen MR) is 197 cm³/mol. The molecule has 2 aliphatic carbocycles. The Morgan fingerprint density at radius 1 is 0.627 bits per heavy atom. The van der Waals surface area contributed by atoms with Crippen LogP contribution in [0.2, 0.25) is 0 Å². The van der Waals surface area contributed by atoms with E-state index in [0.29, 0.717) is 62.2 Å². The fourth-order valence-electron chi connectivity index (χ4n) is 11.4. The van der Waals surface area contributed by atoms with Crippen LogP contribution in [0.25, 0.3) is 0 Å². The molecule has 4 aliphatic heterocycles. The zero-order valence-electron chi connectivity index (χ0n) is 30.7. The molecule has 2 saturated carbocycles. The zero-order valence-corrected chi connectivity index (χ0v) is 30.7. The Balaban J connectivity index is 1.17. The van der Waals surface area contributed by atoms with E-state index in [1.807, 2.05) is 40.1 Å². The van der Waals surface area contributed by atoms with Gasteiger partial charge in [0.2, 0.25) is 11.8 Å². The zero-order chi connectivity index (χ0) is 35.3. The molecule has 0 spiro atoms. The van der Waals surface area contributed by atoms with Crippen LogP contribution < -0.4 is 10.6 Å². The molecule has 10 nitrogen and oxygen atoms in total. The first-order chi connectivity index (χ1) is 24.9. The van der Waals surface area contributed by atoms with Crippen molar-refractivity contribution in [2.24, 2.45) is 23.7 Å². The van der Waals surface area contributed by atoms with E-state index in [4.69, 9.17) is 0 Å². The van der Waals surface area contributed by atoms with E-state index >= 15 is 4.79 Å². The van der Waals surface area contributed by atoms with Gasteiger partial charge in [0.15, 0.2) is 0 Å². The number of carbonyl (C=O) groups is 3. The summed E-state index contributed by atoms with van der Waals surface area (Å²) in [5, 5.41) is 27.7. The van der Waals surface area contributed by atoms with Crippen molar-refractivity contribution in [2.45, 2.75) is 139 Å². The molecule has 8 atom stereocenters. The number of nitrogens with zero attached hydrogens (tertiary/aromatic N) is 3. The minimum Gasteiger partial charge on any atom is -0.387 e. The Kier molecular flexibility index (Phi) is 12.3. The van der Waals surface area contributed by atoms with Gasteiger partial charge in [-0.2, -0.15) is 0 Å². The highest BCUT2D eigenvalue weighted by molar-refractivity contribution is 5.94. The number of aliphatic hydroxyl groups excluding tert-OH is 2. The standard InChI is InChI=1S/C41H63N5O5/c47-26-39(49)44(24-28-8-4-5-9-28)20-18-33-35-16-14-31(42-35)22-37(33)46(41(51)30-12-2-1-3-13-30)38-23-32-15-17-36(43-32)34(38)19-21-45(40(50)27-48)25-29-10-6-7-11-29/h1-3,12-13,28-29,31-38,42-43,47-48H,4-11,14-27H2. The van der Waals surface area contributed by atoms with Crippen molar-refractivity contribution in [2.75, 3.05) is 39.4 Å². The van der Waals surface area contributed by atoms with Crippen molar-refractivity contribution in [1.82, 2.24) is 25.3 Å². The molecule has 1 aromatic carbocycles. The predicted octanol–water partition coefficient (Wildman–Crippen LogP) is 3.95. The summed E-state index contributed by atoms with van der Waals surface area (Å²) in [4.78, 5) is 47.3. The van der Waals surface area contributed by atoms with Gasteiger partial charge in [-0.05, 0) is 113 Å². The number of carbonyl (C=O) groups excluding carboxylic acids is 3. The number of rotatable bonds is 15. The van der Waals surface area contributed by atoms with E-state index < -0.39 is 13.2 Å². The normalized spacial score (nSPS) is 32.0. The fraction of sp³-hybridized carbons (Fsp3) is 0.780. The number of aliphatic hydroxyl groups is 2. The van der Waals surface area contributed by atoms with Crippen molar-refractivity contribution in [1.29, 1.82) is 0 Å². The Bertz CT molecular complexity index is 1240. The van der Waals surface area contributed by atoms with Gasteiger partial charge < -0.3 is 35.5 Å². The van der Waals surface area contributed by atoms with Crippen LogP contribution in [0.15, 0.2) is 30.3 Å². The van der Waals surface area contributed by atoms with Gasteiger partial charge in [0.05, 0.1) is 0 Å². The maximum absolute atomic E-state index is 15.0. The van der Waals surface area contributed by atoms with Crippen molar-refractivity contribution in [3.05, 3.63) is 35.9 Å². The van der Waals surface area contributed by atoms with Gasteiger partial charge in [0.1, 0.15) is 13.2 Å². The minimum atomic E-state index is -0.459. The van der Waals surface area contributed by atoms with E-state index in [1.54, 1.807) is 0 Å². The minimum absolute atomic E-state index is 0.0349. The van der Waals surface area contributed by atoms with E-state index in [2.05, 4.69) is 15.5 Å². The van der Waals surface area contributed by atoms with Crippen LogP contribution in [-0.2, 0) is 9.59 Å². The Morgan fingerprint density at radius 3 is 1.51 bits per heavy atom. The first kappa shape index (κ1) is 36.8. The molecule has 4 N–H and O–H groups in total. The summed E-state index contributed by atoms with van der Waals surface area (Å²) in [6.45, 7) is 1.72. The van der Waals surface area contributed by atoms with Gasteiger partial charge in [-0.15, -0.1) is 0 Å². The lowest BCUT2D eigenvalue weighted by Gasteiger charge is -2.52. The largest absolute Gasteiger partial charge is 0.387 e. The highest BCUT2D eigenvalue weighted by Gasteiger charge is 2.51. The molecule has 6 fully saturated rings.